The molecule has 0 aliphatic heterocycles. The van der Waals surface area contributed by atoms with Crippen LogP contribution in [0.2, 0.25) is 0 Å². The molecule has 1 aromatic rings. The molecule has 0 saturated carbocycles. The molecule has 0 aromatic carbocycles. The molecular formula is C10H14N2O. The number of nitrogens with zero attached hydrogens (tertiary/aromatic N) is 2. The van der Waals surface area contributed by atoms with E-state index in [1.807, 2.05) is 18.5 Å². The van der Waals surface area contributed by atoms with Crippen molar-refractivity contribution in [3.8, 4) is 11.8 Å². The summed E-state index contributed by atoms with van der Waals surface area (Å²) in [6, 6.07) is 0. The number of aromatic nitrogens is 2. The second-order valence-corrected chi connectivity index (χ2v) is 2.73. The van der Waals surface area contributed by atoms with Crippen LogP contribution in [0.1, 0.15) is 24.6 Å². The van der Waals surface area contributed by atoms with Gasteiger partial charge in [-0.25, -0.2) is 0 Å². The van der Waals surface area contributed by atoms with E-state index in [9.17, 15) is 0 Å². The first-order chi connectivity index (χ1) is 6.29. The Morgan fingerprint density at radius 2 is 2.38 bits per heavy atom. The number of hydrogen-bond donors (Lipinski definition) is 1. The van der Waals surface area contributed by atoms with Crippen LogP contribution in [0.5, 0.6) is 0 Å². The Kier molecular flexibility index (Phi) is 3.53. The van der Waals surface area contributed by atoms with Gasteiger partial charge in [-0.05, 0) is 13.8 Å². The molecule has 0 amide bonds. The van der Waals surface area contributed by atoms with Gasteiger partial charge in [0, 0.05) is 13.0 Å². The van der Waals surface area contributed by atoms with Gasteiger partial charge in [-0.3, -0.25) is 4.68 Å². The highest BCUT2D eigenvalue weighted by atomic mass is 16.2. The zero-order chi connectivity index (χ0) is 9.68. The predicted octanol–water partition coefficient (Wildman–Crippen LogP) is 0.945. The Bertz CT molecular complexity index is 330. The van der Waals surface area contributed by atoms with E-state index in [2.05, 4.69) is 16.9 Å². The van der Waals surface area contributed by atoms with Crippen molar-refractivity contribution >= 4 is 0 Å². The van der Waals surface area contributed by atoms with Crippen LogP contribution in [-0.2, 0) is 6.54 Å². The highest BCUT2D eigenvalue weighted by Gasteiger charge is 2.00. The zero-order valence-corrected chi connectivity index (χ0v) is 8.04. The molecule has 0 bridgehead atoms. The van der Waals surface area contributed by atoms with Crippen molar-refractivity contribution in [3.05, 3.63) is 17.5 Å². The minimum Gasteiger partial charge on any atom is -0.395 e. The summed E-state index contributed by atoms with van der Waals surface area (Å²) < 4.78 is 1.91. The van der Waals surface area contributed by atoms with Crippen LogP contribution in [0.4, 0.5) is 0 Å². The average Bonchev–Trinajstić information content (AvgIpc) is 2.48. The van der Waals surface area contributed by atoms with Gasteiger partial charge in [-0.15, -0.1) is 0 Å². The fourth-order valence-electron chi connectivity index (χ4n) is 1.10. The lowest BCUT2D eigenvalue weighted by Crippen LogP contribution is -1.98. The fourth-order valence-corrected chi connectivity index (χ4v) is 1.10. The van der Waals surface area contributed by atoms with Crippen LogP contribution >= 0.6 is 0 Å². The number of aryl methyl sites for hydroxylation is 1. The van der Waals surface area contributed by atoms with E-state index in [1.54, 1.807) is 6.20 Å². The Labute approximate surface area is 78.4 Å². The van der Waals surface area contributed by atoms with Crippen molar-refractivity contribution in [1.82, 2.24) is 9.78 Å². The van der Waals surface area contributed by atoms with Gasteiger partial charge in [0.1, 0.15) is 0 Å². The molecule has 0 aliphatic rings. The third kappa shape index (κ3) is 2.33. The van der Waals surface area contributed by atoms with Crippen LogP contribution in [0, 0.1) is 18.8 Å². The molecule has 0 saturated heterocycles. The van der Waals surface area contributed by atoms with Crippen LogP contribution < -0.4 is 0 Å². The maximum absolute atomic E-state index is 8.54. The summed E-state index contributed by atoms with van der Waals surface area (Å²) in [5.41, 5.74) is 2.04. The molecule has 0 aliphatic carbocycles. The van der Waals surface area contributed by atoms with E-state index >= 15 is 0 Å². The first-order valence-electron chi connectivity index (χ1n) is 4.41. The summed E-state index contributed by atoms with van der Waals surface area (Å²) in [5.74, 6) is 5.85. The van der Waals surface area contributed by atoms with E-state index in [1.165, 1.54) is 0 Å². The molecule has 1 aromatic heterocycles. The van der Waals surface area contributed by atoms with Gasteiger partial charge in [0.25, 0.3) is 0 Å². The maximum atomic E-state index is 8.54. The molecule has 0 fully saturated rings. The monoisotopic (exact) mass is 178 g/mol. The number of rotatable bonds is 2. The van der Waals surface area contributed by atoms with Crippen LogP contribution in [0.15, 0.2) is 6.20 Å². The molecule has 0 spiro atoms. The molecule has 13 heavy (non-hydrogen) atoms. The van der Waals surface area contributed by atoms with Gasteiger partial charge in [-0.1, -0.05) is 11.8 Å². The molecule has 3 nitrogen and oxygen atoms in total. The van der Waals surface area contributed by atoms with Crippen molar-refractivity contribution in [2.75, 3.05) is 6.61 Å². The van der Waals surface area contributed by atoms with Gasteiger partial charge >= 0.3 is 0 Å². The minimum absolute atomic E-state index is 0.119. The summed E-state index contributed by atoms with van der Waals surface area (Å²) >= 11 is 0. The normalized spacial score (nSPS) is 9.46. The van der Waals surface area contributed by atoms with Gasteiger partial charge in [-0.2, -0.15) is 5.10 Å². The molecule has 0 unspecified atom stereocenters. The third-order valence-electron chi connectivity index (χ3n) is 1.86. The first kappa shape index (κ1) is 9.82. The van der Waals surface area contributed by atoms with E-state index < -0.39 is 0 Å². The Hall–Kier alpha value is -1.27. The molecule has 3 heteroatoms. The second-order valence-electron chi connectivity index (χ2n) is 2.73. The summed E-state index contributed by atoms with van der Waals surface area (Å²) in [6.45, 7) is 5.03. The van der Waals surface area contributed by atoms with Crippen molar-refractivity contribution in [2.45, 2.75) is 26.8 Å². The van der Waals surface area contributed by atoms with Crippen LogP contribution in [0.3, 0.4) is 0 Å². The quantitative estimate of drug-likeness (QED) is 0.684. The topological polar surface area (TPSA) is 38.0 Å². The lowest BCUT2D eigenvalue weighted by atomic mass is 10.2. The van der Waals surface area contributed by atoms with Crippen molar-refractivity contribution in [2.24, 2.45) is 0 Å². The van der Waals surface area contributed by atoms with Crippen LogP contribution in [0.25, 0.3) is 0 Å². The first-order valence-corrected chi connectivity index (χ1v) is 4.41. The average molecular weight is 178 g/mol. The lowest BCUT2D eigenvalue weighted by molar-refractivity contribution is 0.305. The summed E-state index contributed by atoms with van der Waals surface area (Å²) in [7, 11) is 0. The summed E-state index contributed by atoms with van der Waals surface area (Å²) in [4.78, 5) is 0. The number of hydrogen-bond acceptors (Lipinski definition) is 2. The van der Waals surface area contributed by atoms with E-state index in [0.29, 0.717) is 6.42 Å². The van der Waals surface area contributed by atoms with E-state index in [4.69, 9.17) is 5.11 Å². The molecule has 0 radical (unpaired) electrons. The number of aliphatic hydroxyl groups excluding tert-OH is 1. The van der Waals surface area contributed by atoms with Crippen molar-refractivity contribution < 1.29 is 5.11 Å². The van der Waals surface area contributed by atoms with Gasteiger partial charge in [0.05, 0.1) is 24.1 Å². The molecule has 1 heterocycles. The molecule has 1 N–H and O–H groups in total. The SMILES string of the molecule is CCn1ncc(C#CCCO)c1C. The Balaban J connectivity index is 2.79. The number of aliphatic hydroxyl groups is 1. The second kappa shape index (κ2) is 4.68. The summed E-state index contributed by atoms with van der Waals surface area (Å²) in [5, 5.41) is 12.7. The fraction of sp³-hybridized carbons (Fsp3) is 0.500. The smallest absolute Gasteiger partial charge is 0.0654 e. The lowest BCUT2D eigenvalue weighted by Gasteiger charge is -1.96. The highest BCUT2D eigenvalue weighted by Crippen LogP contribution is 2.04. The zero-order valence-electron chi connectivity index (χ0n) is 8.04. The standard InChI is InChI=1S/C10H14N2O/c1-3-12-9(2)10(8-11-12)6-4-5-7-13/h8,13H,3,5,7H2,1-2H3. The third-order valence-corrected chi connectivity index (χ3v) is 1.86. The molecule has 0 atom stereocenters. The largest absolute Gasteiger partial charge is 0.395 e. The Morgan fingerprint density at radius 3 is 2.92 bits per heavy atom. The Morgan fingerprint density at radius 1 is 1.62 bits per heavy atom. The van der Waals surface area contributed by atoms with Crippen LogP contribution in [-0.4, -0.2) is 21.5 Å². The molecule has 1 rings (SSSR count). The van der Waals surface area contributed by atoms with Crippen molar-refractivity contribution in [3.63, 3.8) is 0 Å². The minimum atomic E-state index is 0.119. The highest BCUT2D eigenvalue weighted by molar-refractivity contribution is 5.35. The van der Waals surface area contributed by atoms with E-state index in [0.717, 1.165) is 17.8 Å². The predicted molar refractivity (Wildman–Crippen MR) is 51.2 cm³/mol. The maximum Gasteiger partial charge on any atom is 0.0654 e. The van der Waals surface area contributed by atoms with E-state index in [-0.39, 0.29) is 6.61 Å². The van der Waals surface area contributed by atoms with Crippen molar-refractivity contribution in [1.29, 1.82) is 0 Å². The van der Waals surface area contributed by atoms with Gasteiger partial charge in [0.15, 0.2) is 0 Å². The summed E-state index contributed by atoms with van der Waals surface area (Å²) in [6.07, 6.45) is 2.29. The van der Waals surface area contributed by atoms with Gasteiger partial charge < -0.3 is 5.11 Å². The molecular weight excluding hydrogens is 164 g/mol. The van der Waals surface area contributed by atoms with Gasteiger partial charge in [0.2, 0.25) is 0 Å². The molecule has 70 valence electrons.